The van der Waals surface area contributed by atoms with E-state index in [1.54, 1.807) is 0 Å². The summed E-state index contributed by atoms with van der Waals surface area (Å²) >= 11 is 0. The van der Waals surface area contributed by atoms with Gasteiger partial charge in [0.1, 0.15) is 0 Å². The van der Waals surface area contributed by atoms with Crippen LogP contribution in [0.4, 0.5) is 0 Å². The first kappa shape index (κ1) is 10.8. The maximum absolute atomic E-state index is 10.3. The van der Waals surface area contributed by atoms with E-state index in [0.717, 1.165) is 25.7 Å². The van der Waals surface area contributed by atoms with Crippen LogP contribution in [0.1, 0.15) is 39.0 Å². The third-order valence-electron chi connectivity index (χ3n) is 2.97. The van der Waals surface area contributed by atoms with Gasteiger partial charge in [0.15, 0.2) is 5.66 Å². The topological polar surface area (TPSA) is 58.9 Å². The van der Waals surface area contributed by atoms with E-state index < -0.39 is 5.66 Å². The maximum atomic E-state index is 10.3. The Morgan fingerprint density at radius 2 is 1.93 bits per heavy atom. The van der Waals surface area contributed by atoms with Gasteiger partial charge in [-0.25, -0.2) is 9.59 Å². The lowest BCUT2D eigenvalue weighted by atomic mass is 9.78. The van der Waals surface area contributed by atoms with Crippen LogP contribution in [0, 0.1) is 5.92 Å². The van der Waals surface area contributed by atoms with E-state index in [1.807, 2.05) is 6.92 Å². The Labute approximate surface area is 83.1 Å². The number of aliphatic imine (C=N–C) groups is 2. The molecule has 1 saturated carbocycles. The Morgan fingerprint density at radius 3 is 2.43 bits per heavy atom. The molecule has 1 rings (SSSR count). The molecule has 1 aliphatic rings. The zero-order chi connectivity index (χ0) is 10.4. The lowest BCUT2D eigenvalue weighted by Gasteiger charge is -2.34. The Kier molecular flexibility index (Phi) is 3.75. The standard InChI is InChI=1S/C10H14N2O2/c1-2-9-5-3-4-6-10(9,11-7-13)12-8-14/h9H,2-6H2,1H3. The summed E-state index contributed by atoms with van der Waals surface area (Å²) < 4.78 is 0. The Morgan fingerprint density at radius 1 is 1.29 bits per heavy atom. The third-order valence-corrected chi connectivity index (χ3v) is 2.97. The summed E-state index contributed by atoms with van der Waals surface area (Å²) in [5.74, 6) is 0.180. The second kappa shape index (κ2) is 4.85. The molecule has 1 aliphatic carbocycles. The molecule has 0 N–H and O–H groups in total. The Balaban J connectivity index is 3.01. The van der Waals surface area contributed by atoms with Crippen molar-refractivity contribution in [3.63, 3.8) is 0 Å². The fourth-order valence-corrected chi connectivity index (χ4v) is 2.22. The first-order chi connectivity index (χ1) is 6.79. The second-order valence-electron chi connectivity index (χ2n) is 3.64. The van der Waals surface area contributed by atoms with Gasteiger partial charge in [-0.05, 0) is 25.7 Å². The predicted molar refractivity (Wildman–Crippen MR) is 51.2 cm³/mol. The first-order valence-corrected chi connectivity index (χ1v) is 4.97. The van der Waals surface area contributed by atoms with Crippen molar-refractivity contribution >= 4 is 12.2 Å². The van der Waals surface area contributed by atoms with Crippen molar-refractivity contribution in [2.24, 2.45) is 15.9 Å². The van der Waals surface area contributed by atoms with Gasteiger partial charge >= 0.3 is 0 Å². The van der Waals surface area contributed by atoms with Gasteiger partial charge in [0.25, 0.3) is 0 Å². The van der Waals surface area contributed by atoms with Crippen LogP contribution in [0.3, 0.4) is 0 Å². The molecule has 0 bridgehead atoms. The van der Waals surface area contributed by atoms with E-state index in [9.17, 15) is 9.59 Å². The molecular weight excluding hydrogens is 180 g/mol. The Bertz CT molecular complexity index is 270. The monoisotopic (exact) mass is 194 g/mol. The van der Waals surface area contributed by atoms with Crippen molar-refractivity contribution in [3.05, 3.63) is 0 Å². The molecule has 0 radical (unpaired) electrons. The highest BCUT2D eigenvalue weighted by Crippen LogP contribution is 2.39. The van der Waals surface area contributed by atoms with Crippen molar-refractivity contribution in [2.45, 2.75) is 44.7 Å². The molecule has 14 heavy (non-hydrogen) atoms. The van der Waals surface area contributed by atoms with Crippen LogP contribution in [0.15, 0.2) is 9.98 Å². The molecule has 4 nitrogen and oxygen atoms in total. The second-order valence-corrected chi connectivity index (χ2v) is 3.64. The van der Waals surface area contributed by atoms with E-state index in [2.05, 4.69) is 9.98 Å². The van der Waals surface area contributed by atoms with Crippen molar-refractivity contribution in [1.29, 1.82) is 0 Å². The first-order valence-electron chi connectivity index (χ1n) is 4.97. The van der Waals surface area contributed by atoms with Gasteiger partial charge in [-0.2, -0.15) is 9.98 Å². The SMILES string of the molecule is CCC1CCCCC1(N=C=O)N=C=O. The van der Waals surface area contributed by atoms with Gasteiger partial charge in [-0.3, -0.25) is 0 Å². The van der Waals surface area contributed by atoms with E-state index >= 15 is 0 Å². The molecule has 0 spiro atoms. The highest BCUT2D eigenvalue weighted by molar-refractivity contribution is 5.39. The molecule has 0 aromatic carbocycles. The fraction of sp³-hybridized carbons (Fsp3) is 0.800. The van der Waals surface area contributed by atoms with Crippen LogP contribution in [0.2, 0.25) is 0 Å². The van der Waals surface area contributed by atoms with Crippen LogP contribution in [-0.2, 0) is 9.59 Å². The maximum Gasteiger partial charge on any atom is 0.237 e. The summed E-state index contributed by atoms with van der Waals surface area (Å²) in [6, 6.07) is 0. The lowest BCUT2D eigenvalue weighted by molar-refractivity contribution is 0.194. The van der Waals surface area contributed by atoms with E-state index in [4.69, 9.17) is 0 Å². The molecular formula is C10H14N2O2. The minimum atomic E-state index is -0.851. The molecule has 76 valence electrons. The number of carbonyl (C=O) groups excluding carboxylic acids is 2. The molecule has 0 heterocycles. The molecule has 0 aromatic rings. The van der Waals surface area contributed by atoms with E-state index in [0.29, 0.717) is 6.42 Å². The quantitative estimate of drug-likeness (QED) is 0.509. The molecule has 0 amide bonds. The van der Waals surface area contributed by atoms with Gasteiger partial charge in [-0.1, -0.05) is 13.3 Å². The van der Waals surface area contributed by atoms with Gasteiger partial charge in [0, 0.05) is 5.92 Å². The van der Waals surface area contributed by atoms with Crippen LogP contribution < -0.4 is 0 Å². The minimum Gasteiger partial charge on any atom is -0.211 e. The van der Waals surface area contributed by atoms with Crippen LogP contribution in [-0.4, -0.2) is 17.8 Å². The average molecular weight is 194 g/mol. The number of nitrogens with zero attached hydrogens (tertiary/aromatic N) is 2. The highest BCUT2D eigenvalue weighted by atomic mass is 16.1. The summed E-state index contributed by atoms with van der Waals surface area (Å²) in [5.41, 5.74) is -0.851. The van der Waals surface area contributed by atoms with Gasteiger partial charge in [0.05, 0.1) is 0 Å². The molecule has 4 heteroatoms. The third kappa shape index (κ3) is 1.98. The molecule has 1 unspecified atom stereocenters. The fourth-order valence-electron chi connectivity index (χ4n) is 2.22. The average Bonchev–Trinajstić information content (AvgIpc) is 2.19. The van der Waals surface area contributed by atoms with Crippen molar-refractivity contribution in [3.8, 4) is 0 Å². The summed E-state index contributed by atoms with van der Waals surface area (Å²) in [4.78, 5) is 28.1. The molecule has 1 atom stereocenters. The van der Waals surface area contributed by atoms with E-state index in [1.165, 1.54) is 12.2 Å². The van der Waals surface area contributed by atoms with Crippen LogP contribution >= 0.6 is 0 Å². The number of hydrogen-bond donors (Lipinski definition) is 0. The van der Waals surface area contributed by atoms with Crippen LogP contribution in [0.25, 0.3) is 0 Å². The molecule has 0 aromatic heterocycles. The van der Waals surface area contributed by atoms with Gasteiger partial charge in [0.2, 0.25) is 12.2 Å². The normalized spacial score (nSPS) is 31.4. The van der Waals surface area contributed by atoms with Crippen molar-refractivity contribution < 1.29 is 9.59 Å². The van der Waals surface area contributed by atoms with Gasteiger partial charge < -0.3 is 0 Å². The zero-order valence-corrected chi connectivity index (χ0v) is 8.32. The summed E-state index contributed by atoms with van der Waals surface area (Å²) in [6.07, 6.45) is 7.62. The molecule has 0 saturated heterocycles. The largest absolute Gasteiger partial charge is 0.237 e. The summed E-state index contributed by atoms with van der Waals surface area (Å²) in [7, 11) is 0. The predicted octanol–water partition coefficient (Wildman–Crippen LogP) is 1.95. The summed E-state index contributed by atoms with van der Waals surface area (Å²) in [5, 5.41) is 0. The molecule has 1 fully saturated rings. The summed E-state index contributed by atoms with van der Waals surface area (Å²) in [6.45, 7) is 2.02. The van der Waals surface area contributed by atoms with E-state index in [-0.39, 0.29) is 5.92 Å². The Hall–Kier alpha value is -1.24. The highest BCUT2D eigenvalue weighted by Gasteiger charge is 2.39. The number of isocyanates is 2. The number of hydrogen-bond acceptors (Lipinski definition) is 4. The van der Waals surface area contributed by atoms with Crippen molar-refractivity contribution in [1.82, 2.24) is 0 Å². The minimum absolute atomic E-state index is 0.180. The van der Waals surface area contributed by atoms with Crippen molar-refractivity contribution in [2.75, 3.05) is 0 Å². The smallest absolute Gasteiger partial charge is 0.211 e. The zero-order valence-electron chi connectivity index (χ0n) is 8.32. The van der Waals surface area contributed by atoms with Crippen LogP contribution in [0.5, 0.6) is 0 Å². The number of rotatable bonds is 3. The molecule has 0 aliphatic heterocycles. The lowest BCUT2D eigenvalue weighted by Crippen LogP contribution is -2.36. The van der Waals surface area contributed by atoms with Gasteiger partial charge in [-0.15, -0.1) is 0 Å².